The maximum absolute atomic E-state index is 11.6. The third-order valence-electron chi connectivity index (χ3n) is 2.70. The summed E-state index contributed by atoms with van der Waals surface area (Å²) in [7, 11) is 0. The van der Waals surface area contributed by atoms with Crippen LogP contribution < -0.4 is 16.8 Å². The Bertz CT molecular complexity index is 464. The van der Waals surface area contributed by atoms with E-state index in [4.69, 9.17) is 11.5 Å². The number of nitrogens with one attached hydrogen (secondary N) is 1. The van der Waals surface area contributed by atoms with Crippen molar-refractivity contribution in [2.75, 3.05) is 0 Å². The van der Waals surface area contributed by atoms with Gasteiger partial charge in [-0.05, 0) is 38.0 Å². The van der Waals surface area contributed by atoms with Crippen LogP contribution in [0.25, 0.3) is 0 Å². The van der Waals surface area contributed by atoms with Crippen molar-refractivity contribution in [3.05, 3.63) is 35.4 Å². The highest BCUT2D eigenvalue weighted by Crippen LogP contribution is 2.08. The molecule has 0 unspecified atom stereocenters. The normalized spacial score (nSPS) is 11.1. The summed E-state index contributed by atoms with van der Waals surface area (Å²) in [5, 5.41) is 2.79. The third-order valence-corrected chi connectivity index (χ3v) is 2.70. The molecule has 0 aliphatic carbocycles. The fourth-order valence-corrected chi connectivity index (χ4v) is 1.56. The van der Waals surface area contributed by atoms with E-state index in [-0.39, 0.29) is 11.4 Å². The smallest absolute Gasteiger partial charge is 0.248 e. The van der Waals surface area contributed by atoms with Gasteiger partial charge >= 0.3 is 0 Å². The van der Waals surface area contributed by atoms with Crippen molar-refractivity contribution in [3.8, 4) is 0 Å². The summed E-state index contributed by atoms with van der Waals surface area (Å²) in [6.45, 7) is 4.15. The monoisotopic (exact) mass is 263 g/mol. The van der Waals surface area contributed by atoms with Gasteiger partial charge in [0.05, 0.1) is 0 Å². The summed E-state index contributed by atoms with van der Waals surface area (Å²) in [5.41, 5.74) is 11.9. The van der Waals surface area contributed by atoms with Crippen LogP contribution >= 0.6 is 0 Å². The molecule has 0 saturated heterocycles. The molecule has 0 heterocycles. The van der Waals surface area contributed by atoms with Crippen LogP contribution in [0.1, 0.15) is 42.6 Å². The minimum atomic E-state index is -0.474. The molecule has 0 aliphatic rings. The zero-order chi connectivity index (χ0) is 14.5. The molecule has 0 fully saturated rings. The number of carbonyl (C=O) groups excluding carboxylic acids is 2. The second kappa shape index (κ2) is 6.33. The topological polar surface area (TPSA) is 98.2 Å². The molecule has 0 radical (unpaired) electrons. The summed E-state index contributed by atoms with van der Waals surface area (Å²) in [6.07, 6.45) is 1.01. The average molecular weight is 263 g/mol. The molecule has 5 N–H and O–H groups in total. The number of rotatable bonds is 6. The van der Waals surface area contributed by atoms with Crippen LogP contribution in [0, 0.1) is 0 Å². The summed E-state index contributed by atoms with van der Waals surface area (Å²) in [4.78, 5) is 22.6. The highest BCUT2D eigenvalue weighted by atomic mass is 16.1. The molecule has 19 heavy (non-hydrogen) atoms. The molecule has 0 spiro atoms. The number of hydrogen-bond donors (Lipinski definition) is 3. The molecule has 5 nitrogen and oxygen atoms in total. The van der Waals surface area contributed by atoms with E-state index in [1.54, 1.807) is 18.2 Å². The maximum atomic E-state index is 11.6. The predicted octanol–water partition coefficient (Wildman–Crippen LogP) is 0.919. The van der Waals surface area contributed by atoms with Crippen molar-refractivity contribution >= 4 is 11.8 Å². The van der Waals surface area contributed by atoms with E-state index in [1.165, 1.54) is 0 Å². The lowest BCUT2D eigenvalue weighted by Gasteiger charge is -2.17. The van der Waals surface area contributed by atoms with Crippen LogP contribution in [0.5, 0.6) is 0 Å². The zero-order valence-corrected chi connectivity index (χ0v) is 11.4. The van der Waals surface area contributed by atoms with Gasteiger partial charge in [-0.3, -0.25) is 9.59 Å². The van der Waals surface area contributed by atoms with Gasteiger partial charge in [-0.1, -0.05) is 12.1 Å². The number of benzene rings is 1. The van der Waals surface area contributed by atoms with Crippen molar-refractivity contribution < 1.29 is 9.59 Å². The lowest BCUT2D eigenvalue weighted by Crippen LogP contribution is -2.34. The highest BCUT2D eigenvalue weighted by molar-refractivity contribution is 5.92. The Labute approximate surface area is 113 Å². The quantitative estimate of drug-likeness (QED) is 0.711. The van der Waals surface area contributed by atoms with E-state index >= 15 is 0 Å². The number of hydrogen-bond acceptors (Lipinski definition) is 3. The van der Waals surface area contributed by atoms with Gasteiger partial charge in [0, 0.05) is 24.1 Å². The van der Waals surface area contributed by atoms with Crippen LogP contribution in [0.2, 0.25) is 0 Å². The fraction of sp³-hybridized carbons (Fsp3) is 0.429. The lowest BCUT2D eigenvalue weighted by molar-refractivity contribution is -0.121. The first-order chi connectivity index (χ1) is 8.78. The Morgan fingerprint density at radius 1 is 1.32 bits per heavy atom. The summed E-state index contributed by atoms with van der Waals surface area (Å²) >= 11 is 0. The molecule has 0 aromatic heterocycles. The molecule has 1 aromatic carbocycles. The molecule has 1 rings (SSSR count). The van der Waals surface area contributed by atoms with Crippen molar-refractivity contribution in [1.29, 1.82) is 0 Å². The number of primary amides is 1. The largest absolute Gasteiger partial charge is 0.366 e. The van der Waals surface area contributed by atoms with E-state index in [9.17, 15) is 9.59 Å². The molecule has 0 atom stereocenters. The minimum absolute atomic E-state index is 0.0528. The van der Waals surface area contributed by atoms with Crippen LogP contribution in [0.3, 0.4) is 0 Å². The number of carbonyl (C=O) groups is 2. The molecule has 0 aliphatic heterocycles. The molecule has 1 aromatic rings. The van der Waals surface area contributed by atoms with Crippen LogP contribution in [0.4, 0.5) is 0 Å². The van der Waals surface area contributed by atoms with Gasteiger partial charge in [0.2, 0.25) is 11.8 Å². The molecule has 104 valence electrons. The van der Waals surface area contributed by atoms with Crippen LogP contribution in [-0.4, -0.2) is 17.4 Å². The van der Waals surface area contributed by atoms with Gasteiger partial charge in [-0.25, -0.2) is 0 Å². The minimum Gasteiger partial charge on any atom is -0.366 e. The Balaban J connectivity index is 2.46. The first-order valence-electron chi connectivity index (χ1n) is 6.22. The summed E-state index contributed by atoms with van der Waals surface area (Å²) in [5.74, 6) is -0.527. The first-order valence-corrected chi connectivity index (χ1v) is 6.22. The fourth-order valence-electron chi connectivity index (χ4n) is 1.56. The number of nitrogens with two attached hydrogens (primary N) is 2. The van der Waals surface area contributed by atoms with Crippen LogP contribution in [-0.2, 0) is 11.3 Å². The van der Waals surface area contributed by atoms with Crippen molar-refractivity contribution in [2.24, 2.45) is 11.5 Å². The standard InChI is InChI=1S/C14H21N3O2/c1-14(2,16)7-6-12(18)17-9-10-4-3-5-11(8-10)13(15)19/h3-5,8H,6-7,9,16H2,1-2H3,(H2,15,19)(H,17,18). The van der Waals surface area contributed by atoms with Gasteiger partial charge < -0.3 is 16.8 Å². The highest BCUT2D eigenvalue weighted by Gasteiger charge is 2.13. The van der Waals surface area contributed by atoms with Crippen molar-refractivity contribution in [3.63, 3.8) is 0 Å². The van der Waals surface area contributed by atoms with Gasteiger partial charge in [0.15, 0.2) is 0 Å². The zero-order valence-electron chi connectivity index (χ0n) is 11.4. The Morgan fingerprint density at radius 3 is 2.58 bits per heavy atom. The predicted molar refractivity (Wildman–Crippen MR) is 74.3 cm³/mol. The second-order valence-electron chi connectivity index (χ2n) is 5.33. The van der Waals surface area contributed by atoms with Crippen molar-refractivity contribution in [2.45, 2.75) is 38.8 Å². The first kappa shape index (κ1) is 15.2. The van der Waals surface area contributed by atoms with Gasteiger partial charge in [0.25, 0.3) is 0 Å². The summed E-state index contributed by atoms with van der Waals surface area (Å²) < 4.78 is 0. The van der Waals surface area contributed by atoms with Crippen molar-refractivity contribution in [1.82, 2.24) is 5.32 Å². The van der Waals surface area contributed by atoms with Gasteiger partial charge in [-0.15, -0.1) is 0 Å². The molecule has 0 bridgehead atoms. The summed E-state index contributed by atoms with van der Waals surface area (Å²) in [6, 6.07) is 6.89. The van der Waals surface area contributed by atoms with E-state index in [0.717, 1.165) is 5.56 Å². The molecular weight excluding hydrogens is 242 g/mol. The van der Waals surface area contributed by atoms with Gasteiger partial charge in [-0.2, -0.15) is 0 Å². The molecule has 5 heteroatoms. The third kappa shape index (κ3) is 6.01. The molecule has 0 saturated carbocycles. The van der Waals surface area contributed by atoms with E-state index in [1.807, 2.05) is 19.9 Å². The second-order valence-corrected chi connectivity index (χ2v) is 5.33. The van der Waals surface area contributed by atoms with Crippen LogP contribution in [0.15, 0.2) is 24.3 Å². The Hall–Kier alpha value is -1.88. The van der Waals surface area contributed by atoms with E-state index < -0.39 is 5.91 Å². The lowest BCUT2D eigenvalue weighted by atomic mass is 10.00. The number of amides is 2. The Kier molecular flexibility index (Phi) is 5.06. The maximum Gasteiger partial charge on any atom is 0.248 e. The van der Waals surface area contributed by atoms with Gasteiger partial charge in [0.1, 0.15) is 0 Å². The molecule has 2 amide bonds. The van der Waals surface area contributed by atoms with E-state index in [0.29, 0.717) is 24.9 Å². The molecular formula is C14H21N3O2. The van der Waals surface area contributed by atoms with E-state index in [2.05, 4.69) is 5.32 Å². The average Bonchev–Trinajstić information content (AvgIpc) is 2.33. The SMILES string of the molecule is CC(C)(N)CCC(=O)NCc1cccc(C(N)=O)c1. The Morgan fingerprint density at radius 2 is 2.00 bits per heavy atom.